The smallest absolute Gasteiger partial charge is 0.0406 e. The first-order valence-electron chi connectivity index (χ1n) is 9.40. The highest BCUT2D eigenvalue weighted by atomic mass is 35.5. The fourth-order valence-electron chi connectivity index (χ4n) is 5.06. The summed E-state index contributed by atoms with van der Waals surface area (Å²) in [6, 6.07) is 17.4. The van der Waals surface area contributed by atoms with E-state index in [2.05, 4.69) is 48.6 Å². The number of hydrogen-bond donors (Lipinski definition) is 1. The predicted molar refractivity (Wildman–Crippen MR) is 110 cm³/mol. The molecular weight excluding hydrogens is 363 g/mol. The summed E-state index contributed by atoms with van der Waals surface area (Å²) in [6.45, 7) is 1.07. The van der Waals surface area contributed by atoms with Gasteiger partial charge in [0.15, 0.2) is 0 Å². The van der Waals surface area contributed by atoms with Gasteiger partial charge in [-0.2, -0.15) is 0 Å². The van der Waals surface area contributed by atoms with E-state index in [1.165, 1.54) is 30.4 Å². The standard InChI is InChI=1S/C22H26Cl2N2/c1-26(2)22-11-12-25-21(19(13-22)15-3-7-17(23)8-4-15)20(14-22)16-5-9-18(24)10-6-16/h3-10,19-21,25H,11-14H2,1-2H3/t19-,20-,21?,22?/m0/s1. The Labute approximate surface area is 166 Å². The maximum atomic E-state index is 6.14. The minimum absolute atomic E-state index is 0.217. The third-order valence-corrected chi connectivity index (χ3v) is 7.09. The molecule has 2 aromatic rings. The highest BCUT2D eigenvalue weighted by Crippen LogP contribution is 2.51. The van der Waals surface area contributed by atoms with Crippen LogP contribution in [-0.4, -0.2) is 37.1 Å². The lowest BCUT2D eigenvalue weighted by atomic mass is 9.64. The third-order valence-electron chi connectivity index (χ3n) is 6.58. The lowest BCUT2D eigenvalue weighted by Gasteiger charge is -2.49. The number of benzene rings is 2. The van der Waals surface area contributed by atoms with Crippen LogP contribution in [-0.2, 0) is 0 Å². The molecule has 2 bridgehead atoms. The van der Waals surface area contributed by atoms with E-state index in [1.54, 1.807) is 0 Å². The molecule has 1 aliphatic carbocycles. The van der Waals surface area contributed by atoms with Gasteiger partial charge in [-0.3, -0.25) is 0 Å². The molecule has 0 amide bonds. The first kappa shape index (κ1) is 18.3. The van der Waals surface area contributed by atoms with Gasteiger partial charge in [-0.25, -0.2) is 0 Å². The van der Waals surface area contributed by atoms with Gasteiger partial charge in [0, 0.05) is 33.5 Å². The lowest BCUT2D eigenvalue weighted by Crippen LogP contribution is -2.52. The highest BCUT2D eigenvalue weighted by Gasteiger charge is 2.50. The van der Waals surface area contributed by atoms with Crippen LogP contribution in [0.1, 0.15) is 42.2 Å². The molecule has 0 aromatic heterocycles. The van der Waals surface area contributed by atoms with Gasteiger partial charge < -0.3 is 10.2 Å². The number of fused-ring (bicyclic) bond motifs is 4. The van der Waals surface area contributed by atoms with Gasteiger partial charge in [-0.05, 0) is 75.3 Å². The Hall–Kier alpha value is -1.06. The molecule has 2 saturated heterocycles. The molecule has 2 aliphatic heterocycles. The summed E-state index contributed by atoms with van der Waals surface area (Å²) in [6.07, 6.45) is 3.55. The van der Waals surface area contributed by atoms with Crippen molar-refractivity contribution in [2.24, 2.45) is 0 Å². The maximum Gasteiger partial charge on any atom is 0.0406 e. The molecule has 1 N–H and O–H groups in total. The van der Waals surface area contributed by atoms with Crippen molar-refractivity contribution in [3.05, 3.63) is 69.7 Å². The van der Waals surface area contributed by atoms with E-state index in [4.69, 9.17) is 23.2 Å². The van der Waals surface area contributed by atoms with Crippen molar-refractivity contribution in [1.82, 2.24) is 10.2 Å². The normalized spacial score (nSPS) is 31.2. The zero-order valence-corrected chi connectivity index (χ0v) is 16.9. The molecule has 3 aliphatic rings. The Kier molecular flexibility index (Phi) is 5.04. The van der Waals surface area contributed by atoms with Crippen LogP contribution < -0.4 is 5.32 Å². The number of hydrogen-bond acceptors (Lipinski definition) is 2. The number of rotatable bonds is 3. The highest BCUT2D eigenvalue weighted by molar-refractivity contribution is 6.30. The number of nitrogens with one attached hydrogen (secondary N) is 1. The second-order valence-corrected chi connectivity index (χ2v) is 8.95. The first-order chi connectivity index (χ1) is 12.5. The van der Waals surface area contributed by atoms with Crippen molar-refractivity contribution in [1.29, 1.82) is 0 Å². The Morgan fingerprint density at radius 1 is 0.846 bits per heavy atom. The van der Waals surface area contributed by atoms with Crippen molar-refractivity contribution in [3.8, 4) is 0 Å². The van der Waals surface area contributed by atoms with E-state index >= 15 is 0 Å². The molecule has 0 radical (unpaired) electrons. The molecule has 3 fully saturated rings. The van der Waals surface area contributed by atoms with Crippen LogP contribution in [0.2, 0.25) is 10.0 Å². The zero-order chi connectivity index (χ0) is 18.3. The fourth-order valence-corrected chi connectivity index (χ4v) is 5.31. The van der Waals surface area contributed by atoms with Gasteiger partial charge in [-0.1, -0.05) is 47.5 Å². The largest absolute Gasteiger partial charge is 0.313 e. The summed E-state index contributed by atoms with van der Waals surface area (Å²) >= 11 is 12.3. The van der Waals surface area contributed by atoms with E-state index in [-0.39, 0.29) is 5.54 Å². The Bertz CT molecular complexity index is 699. The summed E-state index contributed by atoms with van der Waals surface area (Å²) in [5.41, 5.74) is 2.99. The summed E-state index contributed by atoms with van der Waals surface area (Å²) < 4.78 is 0. The summed E-state index contributed by atoms with van der Waals surface area (Å²) in [7, 11) is 4.48. The van der Waals surface area contributed by atoms with Crippen LogP contribution in [0.25, 0.3) is 0 Å². The Balaban J connectivity index is 1.77. The molecular formula is C22H26Cl2N2. The van der Waals surface area contributed by atoms with Crippen LogP contribution in [0.4, 0.5) is 0 Å². The number of halogens is 2. The number of nitrogens with zero attached hydrogens (tertiary/aromatic N) is 1. The van der Waals surface area contributed by atoms with E-state index in [9.17, 15) is 0 Å². The van der Waals surface area contributed by atoms with Gasteiger partial charge in [0.2, 0.25) is 0 Å². The lowest BCUT2D eigenvalue weighted by molar-refractivity contribution is 0.0790. The van der Waals surface area contributed by atoms with E-state index in [0.29, 0.717) is 17.9 Å². The van der Waals surface area contributed by atoms with E-state index < -0.39 is 0 Å². The zero-order valence-electron chi connectivity index (χ0n) is 15.4. The fraction of sp³-hybridized carbons (Fsp3) is 0.455. The first-order valence-corrected chi connectivity index (χ1v) is 10.2. The van der Waals surface area contributed by atoms with Gasteiger partial charge >= 0.3 is 0 Å². The van der Waals surface area contributed by atoms with E-state index in [0.717, 1.165) is 16.6 Å². The quantitative estimate of drug-likeness (QED) is 0.765. The van der Waals surface area contributed by atoms with Crippen LogP contribution in [0.3, 0.4) is 0 Å². The monoisotopic (exact) mass is 388 g/mol. The second-order valence-electron chi connectivity index (χ2n) is 8.07. The summed E-state index contributed by atoms with van der Waals surface area (Å²) in [4.78, 5) is 2.46. The maximum absolute atomic E-state index is 6.14. The SMILES string of the molecule is CN(C)C12CCNC([C@H](c3ccc(Cl)cc3)C1)[C@H](c1ccc(Cl)cc1)C2. The van der Waals surface area contributed by atoms with E-state index in [1.807, 2.05) is 24.3 Å². The Morgan fingerprint density at radius 2 is 1.31 bits per heavy atom. The molecule has 4 heteroatoms. The molecule has 2 atom stereocenters. The molecule has 0 unspecified atom stereocenters. The minimum atomic E-state index is 0.217. The van der Waals surface area contributed by atoms with Crippen molar-refractivity contribution in [3.63, 3.8) is 0 Å². The van der Waals surface area contributed by atoms with Gasteiger partial charge in [0.05, 0.1) is 0 Å². The third kappa shape index (κ3) is 3.29. The molecule has 2 aromatic carbocycles. The van der Waals surface area contributed by atoms with Crippen molar-refractivity contribution < 1.29 is 0 Å². The van der Waals surface area contributed by atoms with Gasteiger partial charge in [0.1, 0.15) is 0 Å². The van der Waals surface area contributed by atoms with Crippen LogP contribution >= 0.6 is 23.2 Å². The van der Waals surface area contributed by atoms with Crippen LogP contribution in [0, 0.1) is 0 Å². The molecule has 2 nitrogen and oxygen atoms in total. The minimum Gasteiger partial charge on any atom is -0.313 e. The molecule has 1 saturated carbocycles. The second kappa shape index (κ2) is 7.16. The molecule has 26 heavy (non-hydrogen) atoms. The van der Waals surface area contributed by atoms with Gasteiger partial charge in [0.25, 0.3) is 0 Å². The van der Waals surface area contributed by atoms with Crippen molar-refractivity contribution in [2.75, 3.05) is 20.6 Å². The predicted octanol–water partition coefficient (Wildman–Crippen LogP) is 5.32. The molecule has 138 valence electrons. The van der Waals surface area contributed by atoms with Crippen molar-refractivity contribution >= 4 is 23.2 Å². The average molecular weight is 389 g/mol. The molecule has 5 rings (SSSR count). The van der Waals surface area contributed by atoms with Gasteiger partial charge in [-0.15, -0.1) is 0 Å². The summed E-state index contributed by atoms with van der Waals surface area (Å²) in [5.74, 6) is 0.957. The Morgan fingerprint density at radius 3 is 1.73 bits per heavy atom. The van der Waals surface area contributed by atoms with Crippen molar-refractivity contribution in [2.45, 2.75) is 42.7 Å². The topological polar surface area (TPSA) is 15.3 Å². The van der Waals surface area contributed by atoms with Crippen LogP contribution in [0.5, 0.6) is 0 Å². The average Bonchev–Trinajstić information content (AvgIpc) is 2.94. The molecule has 2 heterocycles. The van der Waals surface area contributed by atoms with Crippen LogP contribution in [0.15, 0.2) is 48.5 Å². The molecule has 0 spiro atoms. The summed E-state index contributed by atoms with van der Waals surface area (Å²) in [5, 5.41) is 5.49.